The van der Waals surface area contributed by atoms with Crippen LogP contribution in [-0.2, 0) is 10.2 Å². The van der Waals surface area contributed by atoms with Gasteiger partial charge in [-0.15, -0.1) is 0 Å². The van der Waals surface area contributed by atoms with Crippen LogP contribution in [0.3, 0.4) is 0 Å². The van der Waals surface area contributed by atoms with E-state index in [0.29, 0.717) is 0 Å². The van der Waals surface area contributed by atoms with E-state index in [2.05, 4.69) is 13.8 Å². The summed E-state index contributed by atoms with van der Waals surface area (Å²) >= 11 is 0. The summed E-state index contributed by atoms with van der Waals surface area (Å²) < 4.78 is 0. The van der Waals surface area contributed by atoms with Crippen LogP contribution in [0.1, 0.15) is 39.5 Å². The summed E-state index contributed by atoms with van der Waals surface area (Å²) in [5, 5.41) is 0. The van der Waals surface area contributed by atoms with Crippen molar-refractivity contribution >= 4 is 39.4 Å². The Bertz CT molecular complexity index is 61.5. The van der Waals surface area contributed by atoms with Crippen LogP contribution in [0.15, 0.2) is 0 Å². The first-order valence-electron chi connectivity index (χ1n) is 3.59. The number of halogens is 4. The molecule has 0 aromatic heterocycles. The maximum atomic E-state index is 5.00. The first kappa shape index (κ1) is 15.2. The van der Waals surface area contributed by atoms with Gasteiger partial charge < -0.3 is 0 Å². The van der Waals surface area contributed by atoms with Gasteiger partial charge in [-0.25, -0.2) is 0 Å². The molecule has 0 nitrogen and oxygen atoms in total. The van der Waals surface area contributed by atoms with Gasteiger partial charge >= 0.3 is 49.6 Å². The fourth-order valence-electron chi connectivity index (χ4n) is 0.500. The van der Waals surface area contributed by atoms with Crippen molar-refractivity contribution in [3.05, 3.63) is 0 Å². The number of unbranched alkanes of at least 4 members (excludes halogenated alkanes) is 3. The fourth-order valence-corrected chi connectivity index (χ4v) is 0.500. The monoisotopic (exact) mass is 277 g/mol. The van der Waals surface area contributed by atoms with Gasteiger partial charge in [-0.1, -0.05) is 39.5 Å². The maximum absolute atomic E-state index is 5.00. The van der Waals surface area contributed by atoms with E-state index in [1.807, 2.05) is 0 Å². The quantitative estimate of drug-likeness (QED) is 0.611. The van der Waals surface area contributed by atoms with Gasteiger partial charge in [0, 0.05) is 0 Å². The average molecular weight is 279 g/mol. The number of hydrogen-bond acceptors (Lipinski definition) is 0. The summed E-state index contributed by atoms with van der Waals surface area (Å²) in [5.41, 5.74) is 0. The van der Waals surface area contributed by atoms with Crippen molar-refractivity contribution in [2.45, 2.75) is 39.5 Å². The molecule has 71 valence electrons. The molecule has 0 unspecified atom stereocenters. The molecule has 0 aliphatic carbocycles. The van der Waals surface area contributed by atoms with Crippen molar-refractivity contribution < 1.29 is 10.2 Å². The van der Waals surface area contributed by atoms with Crippen LogP contribution in [0.2, 0.25) is 0 Å². The molecule has 0 N–H and O–H groups in total. The Kier molecular flexibility index (Phi) is 13.6. The third-order valence-corrected chi connectivity index (χ3v) is 0.957. The predicted molar refractivity (Wildman–Crippen MR) is 53.2 cm³/mol. The number of hydrogen-bond donors (Lipinski definition) is 0. The second kappa shape index (κ2) is 9.83. The van der Waals surface area contributed by atoms with Gasteiger partial charge in [0.25, 0.3) is 0 Å². The molecule has 0 fully saturated rings. The SMILES string of the molecule is CCCCCC.[Cl][V]([Cl])([Cl])[Cl]. The van der Waals surface area contributed by atoms with Crippen molar-refractivity contribution in [1.29, 1.82) is 0 Å². The van der Waals surface area contributed by atoms with Crippen molar-refractivity contribution in [1.82, 2.24) is 0 Å². The Morgan fingerprint density at radius 3 is 1.09 bits per heavy atom. The Labute approximate surface area is 88.6 Å². The van der Waals surface area contributed by atoms with Crippen LogP contribution >= 0.6 is 39.4 Å². The van der Waals surface area contributed by atoms with E-state index in [1.165, 1.54) is 25.7 Å². The minimum absolute atomic E-state index is 1.36. The molecule has 0 aromatic carbocycles. The van der Waals surface area contributed by atoms with Crippen LogP contribution in [0.4, 0.5) is 0 Å². The molecular formula is C6H14Cl4V. The Balaban J connectivity index is 0. The van der Waals surface area contributed by atoms with E-state index in [4.69, 9.17) is 39.4 Å². The first-order chi connectivity index (χ1) is 4.91. The van der Waals surface area contributed by atoms with E-state index in [1.54, 1.807) is 0 Å². The second-order valence-corrected chi connectivity index (χ2v) is 15.9. The summed E-state index contributed by atoms with van der Waals surface area (Å²) in [6.07, 6.45) is 5.54. The standard InChI is InChI=1S/C6H14.4ClH.V/c1-3-5-6-4-2;;;;;/h3-6H2,1-2H3;4*1H;/q;;;;;+4/p-4. The molecule has 0 atom stereocenters. The van der Waals surface area contributed by atoms with E-state index < -0.39 is 10.2 Å². The topological polar surface area (TPSA) is 0 Å². The van der Waals surface area contributed by atoms with Gasteiger partial charge in [-0.3, -0.25) is 0 Å². The summed E-state index contributed by atoms with van der Waals surface area (Å²) in [4.78, 5) is 0. The van der Waals surface area contributed by atoms with Crippen LogP contribution in [0.25, 0.3) is 0 Å². The molecule has 0 saturated heterocycles. The molecule has 5 heteroatoms. The summed E-state index contributed by atoms with van der Waals surface area (Å²) in [6, 6.07) is 0. The molecule has 0 bridgehead atoms. The molecule has 0 aliphatic rings. The average Bonchev–Trinajstić information content (AvgIpc) is 1.79. The summed E-state index contributed by atoms with van der Waals surface area (Å²) in [7, 11) is 17.0. The van der Waals surface area contributed by atoms with Gasteiger partial charge in [-0.2, -0.15) is 0 Å². The first-order valence-corrected chi connectivity index (χ1v) is 11.3. The Hall–Kier alpha value is 1.74. The molecule has 0 heterocycles. The third-order valence-electron chi connectivity index (χ3n) is 0.957. The summed E-state index contributed by atoms with van der Waals surface area (Å²) in [5.74, 6) is 0. The normalized spacial score (nSPS) is 10.4. The van der Waals surface area contributed by atoms with Crippen molar-refractivity contribution in [2.75, 3.05) is 0 Å². The fraction of sp³-hybridized carbons (Fsp3) is 1.00. The molecular weight excluding hydrogens is 265 g/mol. The molecule has 0 radical (unpaired) electrons. The van der Waals surface area contributed by atoms with Gasteiger partial charge in [0.15, 0.2) is 0 Å². The number of rotatable bonds is 3. The van der Waals surface area contributed by atoms with Gasteiger partial charge in [0.05, 0.1) is 0 Å². The zero-order chi connectivity index (χ0) is 9.33. The van der Waals surface area contributed by atoms with E-state index >= 15 is 0 Å². The molecule has 0 saturated carbocycles. The molecule has 0 spiro atoms. The van der Waals surface area contributed by atoms with Gasteiger partial charge in [0.2, 0.25) is 0 Å². The van der Waals surface area contributed by atoms with Crippen LogP contribution in [0.5, 0.6) is 0 Å². The van der Waals surface area contributed by atoms with Crippen molar-refractivity contribution in [2.24, 2.45) is 0 Å². The van der Waals surface area contributed by atoms with Crippen LogP contribution in [0, 0.1) is 0 Å². The zero-order valence-electron chi connectivity index (χ0n) is 6.79. The molecule has 0 amide bonds. The Morgan fingerprint density at radius 1 is 0.818 bits per heavy atom. The molecule has 0 rings (SSSR count). The second-order valence-electron chi connectivity index (χ2n) is 2.09. The van der Waals surface area contributed by atoms with Crippen molar-refractivity contribution in [3.63, 3.8) is 0 Å². The Morgan fingerprint density at radius 2 is 1.00 bits per heavy atom. The third kappa shape index (κ3) is 49.5. The van der Waals surface area contributed by atoms with Gasteiger partial charge in [0.1, 0.15) is 0 Å². The van der Waals surface area contributed by atoms with Crippen LogP contribution < -0.4 is 0 Å². The van der Waals surface area contributed by atoms with E-state index in [9.17, 15) is 0 Å². The molecule has 0 aliphatic heterocycles. The molecule has 11 heavy (non-hydrogen) atoms. The summed E-state index contributed by atoms with van der Waals surface area (Å²) in [6.45, 7) is 4.46. The van der Waals surface area contributed by atoms with E-state index in [-0.39, 0.29) is 0 Å². The van der Waals surface area contributed by atoms with Crippen LogP contribution in [-0.4, -0.2) is 0 Å². The zero-order valence-corrected chi connectivity index (χ0v) is 11.2. The predicted octanol–water partition coefficient (Wildman–Crippen LogP) is 5.34. The van der Waals surface area contributed by atoms with Crippen molar-refractivity contribution in [3.8, 4) is 0 Å². The minimum atomic E-state index is -2.99. The van der Waals surface area contributed by atoms with Gasteiger partial charge in [-0.05, 0) is 0 Å². The van der Waals surface area contributed by atoms with E-state index in [0.717, 1.165) is 0 Å². The molecule has 0 aromatic rings.